The molecule has 0 saturated heterocycles. The van der Waals surface area contributed by atoms with Crippen LogP contribution in [0.15, 0.2) is 36.4 Å². The molecule has 2 N–H and O–H groups in total. The van der Waals surface area contributed by atoms with Crippen LogP contribution in [0.5, 0.6) is 11.5 Å². The lowest BCUT2D eigenvalue weighted by Crippen LogP contribution is -2.21. The molecule has 0 saturated carbocycles. The number of halogens is 2. The van der Waals surface area contributed by atoms with Crippen LogP contribution in [0.3, 0.4) is 0 Å². The zero-order valence-corrected chi connectivity index (χ0v) is 13.8. The minimum absolute atomic E-state index is 0.147. The number of amides is 2. The van der Waals surface area contributed by atoms with Gasteiger partial charge in [-0.1, -0.05) is 29.3 Å². The van der Waals surface area contributed by atoms with Gasteiger partial charge in [-0.2, -0.15) is 0 Å². The van der Waals surface area contributed by atoms with Gasteiger partial charge in [0.25, 0.3) is 0 Å². The van der Waals surface area contributed by atoms with Crippen molar-refractivity contribution in [2.45, 2.75) is 6.42 Å². The molecule has 0 bridgehead atoms. The van der Waals surface area contributed by atoms with Crippen molar-refractivity contribution in [1.29, 1.82) is 0 Å². The summed E-state index contributed by atoms with van der Waals surface area (Å²) in [7, 11) is 0. The van der Waals surface area contributed by atoms with Crippen LogP contribution < -0.4 is 20.1 Å². The molecule has 24 heavy (non-hydrogen) atoms. The molecule has 2 aromatic carbocycles. The second kappa shape index (κ2) is 6.98. The maximum Gasteiger partial charge on any atom is 0.233 e. The third-order valence-corrected chi connectivity index (χ3v) is 3.83. The number of ether oxygens (including phenoxy) is 2. The van der Waals surface area contributed by atoms with Crippen molar-refractivity contribution >= 4 is 46.4 Å². The number of para-hydroxylation sites is 1. The van der Waals surface area contributed by atoms with Gasteiger partial charge in [0.05, 0.1) is 15.7 Å². The van der Waals surface area contributed by atoms with E-state index < -0.39 is 11.8 Å². The van der Waals surface area contributed by atoms with Gasteiger partial charge in [0.1, 0.15) is 6.42 Å². The number of fused-ring (bicyclic) bond motifs is 1. The Hall–Kier alpha value is -2.44. The highest BCUT2D eigenvalue weighted by Crippen LogP contribution is 2.34. The molecule has 2 aromatic rings. The Balaban J connectivity index is 1.59. The van der Waals surface area contributed by atoms with Gasteiger partial charge in [0.15, 0.2) is 11.5 Å². The van der Waals surface area contributed by atoms with Crippen LogP contribution in [0.1, 0.15) is 6.42 Å². The van der Waals surface area contributed by atoms with E-state index in [4.69, 9.17) is 32.7 Å². The first-order valence-electron chi connectivity index (χ1n) is 6.96. The standard InChI is InChI=1S/C16H12Cl2N2O4/c17-10-2-1-3-11(18)16(10)20-15(22)7-14(21)19-9-4-5-12-13(6-9)24-8-23-12/h1-6H,7-8H2,(H,19,21)(H,20,22). The zero-order chi connectivity index (χ0) is 17.1. The molecule has 0 radical (unpaired) electrons. The lowest BCUT2D eigenvalue weighted by atomic mass is 10.2. The van der Waals surface area contributed by atoms with Crippen LogP contribution >= 0.6 is 23.2 Å². The average Bonchev–Trinajstić information content (AvgIpc) is 2.98. The molecule has 0 unspecified atom stereocenters. The number of carbonyl (C=O) groups is 2. The monoisotopic (exact) mass is 366 g/mol. The molecular weight excluding hydrogens is 355 g/mol. The minimum Gasteiger partial charge on any atom is -0.454 e. The molecule has 0 fully saturated rings. The van der Waals surface area contributed by atoms with Crippen LogP contribution in [-0.2, 0) is 9.59 Å². The van der Waals surface area contributed by atoms with E-state index in [1.807, 2.05) is 0 Å². The van der Waals surface area contributed by atoms with Crippen molar-refractivity contribution in [3.05, 3.63) is 46.4 Å². The summed E-state index contributed by atoms with van der Waals surface area (Å²) in [6.45, 7) is 0.147. The molecular formula is C16H12Cl2N2O4. The fourth-order valence-electron chi connectivity index (χ4n) is 2.13. The van der Waals surface area contributed by atoms with Crippen molar-refractivity contribution in [3.63, 3.8) is 0 Å². The molecule has 1 heterocycles. The lowest BCUT2D eigenvalue weighted by molar-refractivity contribution is -0.123. The molecule has 2 amide bonds. The van der Waals surface area contributed by atoms with Gasteiger partial charge in [0.2, 0.25) is 18.6 Å². The summed E-state index contributed by atoms with van der Waals surface area (Å²) in [6.07, 6.45) is -0.379. The fraction of sp³-hybridized carbons (Fsp3) is 0.125. The average molecular weight is 367 g/mol. The van der Waals surface area contributed by atoms with Gasteiger partial charge in [-0.05, 0) is 24.3 Å². The Labute approximate surface area is 147 Å². The number of nitrogens with one attached hydrogen (secondary N) is 2. The Bertz CT molecular complexity index is 790. The van der Waals surface area contributed by atoms with E-state index in [0.717, 1.165) is 0 Å². The van der Waals surface area contributed by atoms with Gasteiger partial charge >= 0.3 is 0 Å². The van der Waals surface area contributed by atoms with Gasteiger partial charge in [-0.3, -0.25) is 9.59 Å². The summed E-state index contributed by atoms with van der Waals surface area (Å²) in [5, 5.41) is 5.74. The van der Waals surface area contributed by atoms with E-state index >= 15 is 0 Å². The third kappa shape index (κ3) is 3.72. The molecule has 3 rings (SSSR count). The number of rotatable bonds is 4. The summed E-state index contributed by atoms with van der Waals surface area (Å²) in [5.74, 6) is 0.150. The van der Waals surface area contributed by atoms with Crippen molar-refractivity contribution in [2.24, 2.45) is 0 Å². The second-order valence-electron chi connectivity index (χ2n) is 4.94. The van der Waals surface area contributed by atoms with Gasteiger partial charge < -0.3 is 20.1 Å². The molecule has 0 spiro atoms. The first kappa shape index (κ1) is 16.4. The van der Waals surface area contributed by atoms with E-state index in [1.54, 1.807) is 36.4 Å². The van der Waals surface area contributed by atoms with Crippen molar-refractivity contribution in [2.75, 3.05) is 17.4 Å². The Morgan fingerprint density at radius 1 is 0.958 bits per heavy atom. The lowest BCUT2D eigenvalue weighted by Gasteiger charge is -2.09. The van der Waals surface area contributed by atoms with Crippen LogP contribution in [-0.4, -0.2) is 18.6 Å². The Morgan fingerprint density at radius 2 is 1.62 bits per heavy atom. The number of hydrogen-bond acceptors (Lipinski definition) is 4. The van der Waals surface area contributed by atoms with E-state index in [9.17, 15) is 9.59 Å². The van der Waals surface area contributed by atoms with Crippen LogP contribution in [0.2, 0.25) is 10.0 Å². The topological polar surface area (TPSA) is 76.7 Å². The zero-order valence-electron chi connectivity index (χ0n) is 12.3. The third-order valence-electron chi connectivity index (χ3n) is 3.20. The molecule has 124 valence electrons. The van der Waals surface area contributed by atoms with E-state index in [2.05, 4.69) is 10.6 Å². The first-order valence-corrected chi connectivity index (χ1v) is 7.72. The first-order chi connectivity index (χ1) is 11.5. The van der Waals surface area contributed by atoms with Gasteiger partial charge in [0, 0.05) is 11.8 Å². The van der Waals surface area contributed by atoms with E-state index in [0.29, 0.717) is 27.2 Å². The predicted molar refractivity (Wildman–Crippen MR) is 90.9 cm³/mol. The molecule has 1 aliphatic heterocycles. The van der Waals surface area contributed by atoms with E-state index in [-0.39, 0.29) is 18.9 Å². The Kier molecular flexibility index (Phi) is 4.78. The fourth-order valence-corrected chi connectivity index (χ4v) is 2.62. The molecule has 8 heteroatoms. The summed E-state index contributed by atoms with van der Waals surface area (Å²) in [5.41, 5.74) is 0.787. The van der Waals surface area contributed by atoms with Crippen molar-refractivity contribution in [3.8, 4) is 11.5 Å². The maximum absolute atomic E-state index is 12.0. The predicted octanol–water partition coefficient (Wildman–Crippen LogP) is 3.69. The van der Waals surface area contributed by atoms with Crippen LogP contribution in [0.25, 0.3) is 0 Å². The van der Waals surface area contributed by atoms with Crippen molar-refractivity contribution < 1.29 is 19.1 Å². The van der Waals surface area contributed by atoms with Crippen molar-refractivity contribution in [1.82, 2.24) is 0 Å². The maximum atomic E-state index is 12.0. The number of benzene rings is 2. The summed E-state index contributed by atoms with van der Waals surface area (Å²) < 4.78 is 10.4. The highest BCUT2D eigenvalue weighted by Gasteiger charge is 2.16. The van der Waals surface area contributed by atoms with E-state index in [1.165, 1.54) is 0 Å². The SMILES string of the molecule is O=C(CC(=O)Nc1c(Cl)cccc1Cl)Nc1ccc2c(c1)OCO2. The van der Waals surface area contributed by atoms with Gasteiger partial charge in [-0.25, -0.2) is 0 Å². The normalized spacial score (nSPS) is 11.9. The second-order valence-corrected chi connectivity index (χ2v) is 5.75. The quantitative estimate of drug-likeness (QED) is 0.809. The summed E-state index contributed by atoms with van der Waals surface area (Å²) in [6, 6.07) is 9.82. The highest BCUT2D eigenvalue weighted by atomic mass is 35.5. The number of hydrogen-bond donors (Lipinski definition) is 2. The van der Waals surface area contributed by atoms with Crippen LogP contribution in [0, 0.1) is 0 Å². The number of carbonyl (C=O) groups excluding carboxylic acids is 2. The molecule has 0 aliphatic carbocycles. The van der Waals surface area contributed by atoms with Crippen LogP contribution in [0.4, 0.5) is 11.4 Å². The smallest absolute Gasteiger partial charge is 0.233 e. The molecule has 1 aliphatic rings. The summed E-state index contributed by atoms with van der Waals surface area (Å²) >= 11 is 11.9. The minimum atomic E-state index is -0.525. The molecule has 0 aromatic heterocycles. The summed E-state index contributed by atoms with van der Waals surface area (Å²) in [4.78, 5) is 23.9. The Morgan fingerprint density at radius 3 is 2.38 bits per heavy atom. The number of anilines is 2. The molecule has 6 nitrogen and oxygen atoms in total. The largest absolute Gasteiger partial charge is 0.454 e. The highest BCUT2D eigenvalue weighted by molar-refractivity contribution is 6.39. The molecule has 0 atom stereocenters. The van der Waals surface area contributed by atoms with Gasteiger partial charge in [-0.15, -0.1) is 0 Å².